The Bertz CT molecular complexity index is 1070. The van der Waals surface area contributed by atoms with Gasteiger partial charge in [0.1, 0.15) is 19.0 Å². The van der Waals surface area contributed by atoms with Crippen LogP contribution in [0.25, 0.3) is 0 Å². The molecule has 1 N–H and O–H groups in total. The van der Waals surface area contributed by atoms with E-state index in [2.05, 4.69) is 15.5 Å². The summed E-state index contributed by atoms with van der Waals surface area (Å²) in [5, 5.41) is 12.4. The third-order valence-electron chi connectivity index (χ3n) is 5.04. The van der Waals surface area contributed by atoms with Gasteiger partial charge < -0.3 is 24.4 Å². The van der Waals surface area contributed by atoms with Gasteiger partial charge in [0.15, 0.2) is 15.8 Å². The second kappa shape index (κ2) is 11.2. The largest absolute Gasteiger partial charge is 0.497 e. The monoisotopic (exact) mass is 486 g/mol. The van der Waals surface area contributed by atoms with E-state index in [-0.39, 0.29) is 5.91 Å². The molecule has 3 aromatic rings. The molecule has 2 aromatic carbocycles. The number of carbonyl (C=O) groups is 1. The van der Waals surface area contributed by atoms with Crippen LogP contribution < -0.4 is 19.5 Å². The maximum absolute atomic E-state index is 12.8. The Morgan fingerprint density at radius 2 is 1.88 bits per heavy atom. The van der Waals surface area contributed by atoms with E-state index in [4.69, 9.17) is 14.2 Å². The van der Waals surface area contributed by atoms with Crippen LogP contribution in [-0.4, -0.2) is 53.6 Å². The Labute approximate surface area is 201 Å². The van der Waals surface area contributed by atoms with E-state index >= 15 is 0 Å². The predicted octanol–water partition coefficient (Wildman–Crippen LogP) is 4.07. The molecule has 0 unspecified atom stereocenters. The van der Waals surface area contributed by atoms with Crippen molar-refractivity contribution in [1.82, 2.24) is 15.1 Å². The molecule has 174 valence electrons. The first kappa shape index (κ1) is 23.2. The van der Waals surface area contributed by atoms with Gasteiger partial charge in [-0.3, -0.25) is 4.79 Å². The first-order valence-corrected chi connectivity index (χ1v) is 12.4. The van der Waals surface area contributed by atoms with E-state index in [1.807, 2.05) is 54.3 Å². The summed E-state index contributed by atoms with van der Waals surface area (Å²) in [6, 6.07) is 13.7. The number of hydrogen-bond donors (Lipinski definition) is 1. The van der Waals surface area contributed by atoms with E-state index in [0.717, 1.165) is 37.8 Å². The maximum atomic E-state index is 12.8. The van der Waals surface area contributed by atoms with Gasteiger partial charge in [0, 0.05) is 19.6 Å². The zero-order valence-corrected chi connectivity index (χ0v) is 20.2. The third kappa shape index (κ3) is 6.29. The predicted molar refractivity (Wildman–Crippen MR) is 129 cm³/mol. The van der Waals surface area contributed by atoms with E-state index in [1.54, 1.807) is 7.11 Å². The fourth-order valence-corrected chi connectivity index (χ4v) is 4.91. The number of ether oxygens (including phenoxy) is 3. The number of anilines is 1. The van der Waals surface area contributed by atoms with Crippen molar-refractivity contribution < 1.29 is 19.0 Å². The summed E-state index contributed by atoms with van der Waals surface area (Å²) in [5.74, 6) is 2.68. The van der Waals surface area contributed by atoms with Crippen LogP contribution in [0.4, 0.5) is 5.13 Å². The Morgan fingerprint density at radius 1 is 1.12 bits per heavy atom. The van der Waals surface area contributed by atoms with Crippen LogP contribution in [0.2, 0.25) is 0 Å². The lowest BCUT2D eigenvalue weighted by Gasteiger charge is -2.23. The molecule has 10 heteroatoms. The third-order valence-corrected chi connectivity index (χ3v) is 7.04. The number of nitrogens with zero attached hydrogens (tertiary/aromatic N) is 3. The molecule has 2 heterocycles. The highest BCUT2D eigenvalue weighted by Crippen LogP contribution is 2.31. The standard InChI is InChI=1S/C23H26N4O4S2/c1-3-27(14-17-6-9-19-20(12-17)31-11-10-30-19)21(28)15-32-23-26-25-22(33-23)24-13-16-4-7-18(29-2)8-5-16/h4-9,12H,3,10-11,13-15H2,1-2H3,(H,24,25). The molecule has 33 heavy (non-hydrogen) atoms. The van der Waals surface area contributed by atoms with Crippen molar-refractivity contribution in [2.24, 2.45) is 0 Å². The van der Waals surface area contributed by atoms with Gasteiger partial charge >= 0.3 is 0 Å². The summed E-state index contributed by atoms with van der Waals surface area (Å²) in [6.07, 6.45) is 0. The Balaban J connectivity index is 1.26. The van der Waals surface area contributed by atoms with Gasteiger partial charge in [-0.2, -0.15) is 0 Å². The van der Waals surface area contributed by atoms with Crippen LogP contribution in [0, 0.1) is 0 Å². The van der Waals surface area contributed by atoms with Crippen molar-refractivity contribution >= 4 is 34.1 Å². The number of methoxy groups -OCH3 is 1. The van der Waals surface area contributed by atoms with Gasteiger partial charge in [0.25, 0.3) is 0 Å². The van der Waals surface area contributed by atoms with Gasteiger partial charge in [-0.15, -0.1) is 10.2 Å². The molecule has 1 amide bonds. The molecule has 0 bridgehead atoms. The first-order valence-electron chi connectivity index (χ1n) is 10.6. The van der Waals surface area contributed by atoms with Crippen LogP contribution in [0.5, 0.6) is 17.2 Å². The number of aromatic nitrogens is 2. The number of thioether (sulfide) groups is 1. The number of rotatable bonds is 10. The highest BCUT2D eigenvalue weighted by atomic mass is 32.2. The number of benzene rings is 2. The van der Waals surface area contributed by atoms with Crippen LogP contribution in [0.1, 0.15) is 18.1 Å². The highest BCUT2D eigenvalue weighted by molar-refractivity contribution is 8.01. The minimum absolute atomic E-state index is 0.0559. The molecule has 4 rings (SSSR count). The van der Waals surface area contributed by atoms with Crippen LogP contribution in [-0.2, 0) is 17.9 Å². The average molecular weight is 487 g/mol. The molecular weight excluding hydrogens is 460 g/mol. The summed E-state index contributed by atoms with van der Waals surface area (Å²) in [7, 11) is 1.65. The van der Waals surface area contributed by atoms with Crippen molar-refractivity contribution in [3.05, 3.63) is 53.6 Å². The summed E-state index contributed by atoms with van der Waals surface area (Å²) >= 11 is 2.85. The summed E-state index contributed by atoms with van der Waals surface area (Å²) < 4.78 is 17.2. The van der Waals surface area contributed by atoms with Crippen LogP contribution >= 0.6 is 23.1 Å². The Morgan fingerprint density at radius 3 is 2.64 bits per heavy atom. The molecule has 1 aromatic heterocycles. The summed E-state index contributed by atoms with van der Waals surface area (Å²) in [4.78, 5) is 14.6. The molecule has 0 aliphatic carbocycles. The van der Waals surface area contributed by atoms with Crippen molar-refractivity contribution in [3.8, 4) is 17.2 Å². The van der Waals surface area contributed by atoms with Gasteiger partial charge in [-0.1, -0.05) is 41.3 Å². The second-order valence-corrected chi connectivity index (χ2v) is 9.45. The Hall–Kier alpha value is -2.98. The van der Waals surface area contributed by atoms with Gasteiger partial charge in [-0.25, -0.2) is 0 Å². The van der Waals surface area contributed by atoms with Crippen LogP contribution in [0.15, 0.2) is 46.8 Å². The average Bonchev–Trinajstić information content (AvgIpc) is 3.32. The number of amides is 1. The maximum Gasteiger partial charge on any atom is 0.233 e. The lowest BCUT2D eigenvalue weighted by molar-refractivity contribution is -0.128. The lowest BCUT2D eigenvalue weighted by Crippen LogP contribution is -2.31. The summed E-state index contributed by atoms with van der Waals surface area (Å²) in [5.41, 5.74) is 2.13. The molecule has 0 spiro atoms. The molecular formula is C23H26N4O4S2. The molecule has 1 aliphatic heterocycles. The number of hydrogen-bond acceptors (Lipinski definition) is 9. The van der Waals surface area contributed by atoms with E-state index in [9.17, 15) is 4.79 Å². The molecule has 0 saturated heterocycles. The minimum Gasteiger partial charge on any atom is -0.497 e. The van der Waals surface area contributed by atoms with Crippen molar-refractivity contribution in [3.63, 3.8) is 0 Å². The fourth-order valence-electron chi connectivity index (χ4n) is 3.26. The molecule has 8 nitrogen and oxygen atoms in total. The first-order chi connectivity index (χ1) is 16.1. The second-order valence-electron chi connectivity index (χ2n) is 7.25. The van der Waals surface area contributed by atoms with Crippen LogP contribution in [0.3, 0.4) is 0 Å². The van der Waals surface area contributed by atoms with Crippen molar-refractivity contribution in [1.29, 1.82) is 0 Å². The number of carbonyl (C=O) groups excluding carboxylic acids is 1. The quantitative estimate of drug-likeness (QED) is 0.429. The van der Waals surface area contributed by atoms with E-state index in [0.29, 0.717) is 38.6 Å². The zero-order valence-electron chi connectivity index (χ0n) is 18.6. The smallest absolute Gasteiger partial charge is 0.233 e. The minimum atomic E-state index is 0.0559. The number of nitrogens with one attached hydrogen (secondary N) is 1. The van der Waals surface area contributed by atoms with Gasteiger partial charge in [-0.05, 0) is 42.3 Å². The molecule has 0 radical (unpaired) electrons. The Kier molecular flexibility index (Phi) is 7.90. The van der Waals surface area contributed by atoms with Crippen molar-refractivity contribution in [2.45, 2.75) is 24.4 Å². The summed E-state index contributed by atoms with van der Waals surface area (Å²) in [6.45, 7) is 4.87. The van der Waals surface area contributed by atoms with Gasteiger partial charge in [0.05, 0.1) is 12.9 Å². The zero-order chi connectivity index (χ0) is 23.0. The molecule has 0 atom stereocenters. The highest BCUT2D eigenvalue weighted by Gasteiger charge is 2.17. The van der Waals surface area contributed by atoms with E-state index < -0.39 is 0 Å². The number of fused-ring (bicyclic) bond motifs is 1. The lowest BCUT2D eigenvalue weighted by atomic mass is 10.2. The normalized spacial score (nSPS) is 12.3. The van der Waals surface area contributed by atoms with Gasteiger partial charge in [0.2, 0.25) is 11.0 Å². The molecule has 0 saturated carbocycles. The van der Waals surface area contributed by atoms with E-state index in [1.165, 1.54) is 23.1 Å². The SMILES string of the molecule is CCN(Cc1ccc2c(c1)OCCO2)C(=O)CSc1nnc(NCc2ccc(OC)cc2)s1. The molecule has 1 aliphatic rings. The molecule has 0 fully saturated rings. The fraction of sp³-hybridized carbons (Fsp3) is 0.348. The topological polar surface area (TPSA) is 85.8 Å². The van der Waals surface area contributed by atoms with Crippen molar-refractivity contribution in [2.75, 3.05) is 37.9 Å².